The van der Waals surface area contributed by atoms with Gasteiger partial charge in [-0.1, -0.05) is 78.9 Å². The number of aromatic nitrogens is 1. The molecule has 1 heterocycles. The summed E-state index contributed by atoms with van der Waals surface area (Å²) < 4.78 is 14.1. The van der Waals surface area contributed by atoms with Crippen LogP contribution in [0.4, 0.5) is 4.39 Å². The normalized spacial score (nSPS) is 12.4. The number of hydrogen-bond donors (Lipinski definition) is 1. The maximum absolute atomic E-state index is 14.1. The summed E-state index contributed by atoms with van der Waals surface area (Å²) in [4.78, 5) is 3.50. The highest BCUT2D eigenvalue weighted by Gasteiger charge is 2.23. The molecule has 0 saturated carbocycles. The van der Waals surface area contributed by atoms with Crippen molar-refractivity contribution in [3.05, 3.63) is 96.1 Å². The molecule has 3 aromatic carbocycles. The number of para-hydroxylation sites is 1. The fraction of sp³-hybridized carbons (Fsp3) is 0.0909. The third kappa shape index (κ3) is 2.50. The van der Waals surface area contributed by atoms with Crippen molar-refractivity contribution in [3.8, 4) is 11.3 Å². The van der Waals surface area contributed by atoms with E-state index in [1.54, 1.807) is 0 Å². The minimum atomic E-state index is -0.425. The predicted octanol–water partition coefficient (Wildman–Crippen LogP) is 5.94. The lowest BCUT2D eigenvalue weighted by molar-refractivity contribution is 0.462. The second-order valence-corrected chi connectivity index (χ2v) is 5.94. The molecule has 0 amide bonds. The van der Waals surface area contributed by atoms with Crippen molar-refractivity contribution in [1.29, 1.82) is 0 Å². The molecule has 0 aliphatic rings. The molecule has 0 aliphatic carbocycles. The Kier molecular flexibility index (Phi) is 3.87. The van der Waals surface area contributed by atoms with Gasteiger partial charge in [-0.3, -0.25) is 4.39 Å². The topological polar surface area (TPSA) is 15.8 Å². The predicted molar refractivity (Wildman–Crippen MR) is 98.0 cm³/mol. The first-order valence-corrected chi connectivity index (χ1v) is 8.15. The number of halogens is 1. The molecule has 2 heteroatoms. The first-order chi connectivity index (χ1) is 11.9. The van der Waals surface area contributed by atoms with Crippen LogP contribution in [0.1, 0.15) is 17.0 Å². The minimum Gasteiger partial charge on any atom is -0.354 e. The molecule has 1 unspecified atom stereocenters. The van der Waals surface area contributed by atoms with Gasteiger partial charge in [0.1, 0.15) is 6.67 Å². The maximum Gasteiger partial charge on any atom is 0.100 e. The number of H-pyrrole nitrogens is 1. The molecular weight excluding hydrogens is 297 g/mol. The van der Waals surface area contributed by atoms with Gasteiger partial charge in [-0.15, -0.1) is 0 Å². The Hall–Kier alpha value is -2.87. The van der Waals surface area contributed by atoms with Crippen molar-refractivity contribution in [1.82, 2.24) is 4.98 Å². The van der Waals surface area contributed by atoms with Crippen LogP contribution in [0.2, 0.25) is 0 Å². The fourth-order valence-electron chi connectivity index (χ4n) is 3.38. The zero-order chi connectivity index (χ0) is 16.4. The minimum absolute atomic E-state index is 0.280. The SMILES string of the molecule is FCC(c1ccccc1)c1c(-c2ccccc2)[nH]c2ccccc12. The average Bonchev–Trinajstić information content (AvgIpc) is 3.04. The van der Waals surface area contributed by atoms with Gasteiger partial charge in [0.25, 0.3) is 0 Å². The molecule has 0 saturated heterocycles. The molecule has 0 radical (unpaired) electrons. The molecule has 24 heavy (non-hydrogen) atoms. The van der Waals surface area contributed by atoms with Gasteiger partial charge in [-0.2, -0.15) is 0 Å². The average molecular weight is 315 g/mol. The molecule has 1 N–H and O–H groups in total. The van der Waals surface area contributed by atoms with Crippen LogP contribution in [0.5, 0.6) is 0 Å². The Morgan fingerprint density at radius 2 is 1.38 bits per heavy atom. The highest BCUT2D eigenvalue weighted by Crippen LogP contribution is 2.38. The van der Waals surface area contributed by atoms with Crippen molar-refractivity contribution in [2.75, 3.05) is 6.67 Å². The van der Waals surface area contributed by atoms with Crippen molar-refractivity contribution >= 4 is 10.9 Å². The molecule has 4 aromatic rings. The van der Waals surface area contributed by atoms with Crippen LogP contribution in [-0.2, 0) is 0 Å². The van der Waals surface area contributed by atoms with E-state index in [1.807, 2.05) is 66.7 Å². The quantitative estimate of drug-likeness (QED) is 0.480. The summed E-state index contributed by atoms with van der Waals surface area (Å²) in [5.41, 5.74) is 5.16. The smallest absolute Gasteiger partial charge is 0.100 e. The Labute approximate surface area is 140 Å². The van der Waals surface area contributed by atoms with Crippen LogP contribution in [0, 0.1) is 0 Å². The molecule has 0 spiro atoms. The van der Waals surface area contributed by atoms with Crippen molar-refractivity contribution < 1.29 is 4.39 Å². The third-order valence-corrected chi connectivity index (χ3v) is 4.51. The lowest BCUT2D eigenvalue weighted by atomic mass is 9.88. The molecule has 0 aliphatic heterocycles. The monoisotopic (exact) mass is 315 g/mol. The van der Waals surface area contributed by atoms with E-state index in [0.29, 0.717) is 0 Å². The van der Waals surface area contributed by atoms with Gasteiger partial charge in [0.2, 0.25) is 0 Å². The van der Waals surface area contributed by atoms with E-state index < -0.39 is 6.67 Å². The summed E-state index contributed by atoms with van der Waals surface area (Å²) in [6, 6.07) is 28.2. The largest absolute Gasteiger partial charge is 0.354 e. The number of alkyl halides is 1. The first kappa shape index (κ1) is 14.7. The summed E-state index contributed by atoms with van der Waals surface area (Å²) in [6.45, 7) is -0.425. The standard InChI is InChI=1S/C22H18FN/c23-15-19(16-9-3-1-4-10-16)21-18-13-7-8-14-20(18)24-22(21)17-11-5-2-6-12-17/h1-14,19,24H,15H2. The lowest BCUT2D eigenvalue weighted by Crippen LogP contribution is -2.04. The number of fused-ring (bicyclic) bond motifs is 1. The van der Waals surface area contributed by atoms with Crippen LogP contribution in [0.25, 0.3) is 22.2 Å². The van der Waals surface area contributed by atoms with Crippen LogP contribution >= 0.6 is 0 Å². The van der Waals surface area contributed by atoms with Crippen LogP contribution in [0.3, 0.4) is 0 Å². The molecule has 1 atom stereocenters. The van der Waals surface area contributed by atoms with Gasteiger partial charge in [-0.05, 0) is 22.8 Å². The highest BCUT2D eigenvalue weighted by atomic mass is 19.1. The molecule has 118 valence electrons. The van der Waals surface area contributed by atoms with Crippen molar-refractivity contribution in [2.24, 2.45) is 0 Å². The Morgan fingerprint density at radius 3 is 2.08 bits per heavy atom. The molecule has 1 nitrogen and oxygen atoms in total. The van der Waals surface area contributed by atoms with Crippen LogP contribution in [-0.4, -0.2) is 11.7 Å². The summed E-state index contributed by atoms with van der Waals surface area (Å²) in [5.74, 6) is -0.280. The van der Waals surface area contributed by atoms with E-state index >= 15 is 0 Å². The molecular formula is C22H18FN. The van der Waals surface area contributed by atoms with E-state index in [1.165, 1.54) is 0 Å². The van der Waals surface area contributed by atoms with E-state index in [0.717, 1.165) is 33.3 Å². The lowest BCUT2D eigenvalue weighted by Gasteiger charge is -2.16. The zero-order valence-corrected chi connectivity index (χ0v) is 13.2. The van der Waals surface area contributed by atoms with E-state index in [4.69, 9.17) is 0 Å². The van der Waals surface area contributed by atoms with Crippen molar-refractivity contribution in [3.63, 3.8) is 0 Å². The molecule has 0 bridgehead atoms. The zero-order valence-electron chi connectivity index (χ0n) is 13.2. The summed E-state index contributed by atoms with van der Waals surface area (Å²) >= 11 is 0. The summed E-state index contributed by atoms with van der Waals surface area (Å²) in [6.07, 6.45) is 0. The summed E-state index contributed by atoms with van der Waals surface area (Å²) in [7, 11) is 0. The molecule has 0 fully saturated rings. The number of benzene rings is 3. The van der Waals surface area contributed by atoms with E-state index in [9.17, 15) is 4.39 Å². The van der Waals surface area contributed by atoms with Crippen LogP contribution in [0.15, 0.2) is 84.9 Å². The van der Waals surface area contributed by atoms with E-state index in [2.05, 4.69) is 23.2 Å². The van der Waals surface area contributed by atoms with Gasteiger partial charge >= 0.3 is 0 Å². The van der Waals surface area contributed by atoms with Crippen LogP contribution < -0.4 is 0 Å². The van der Waals surface area contributed by atoms with Gasteiger partial charge in [0.15, 0.2) is 0 Å². The Balaban J connectivity index is 1.99. The second-order valence-electron chi connectivity index (χ2n) is 5.94. The number of hydrogen-bond acceptors (Lipinski definition) is 0. The number of nitrogens with one attached hydrogen (secondary N) is 1. The number of aromatic amines is 1. The van der Waals surface area contributed by atoms with E-state index in [-0.39, 0.29) is 5.92 Å². The highest BCUT2D eigenvalue weighted by molar-refractivity contribution is 5.92. The Morgan fingerprint density at radius 1 is 0.750 bits per heavy atom. The van der Waals surface area contributed by atoms with Gasteiger partial charge < -0.3 is 4.98 Å². The fourth-order valence-corrected chi connectivity index (χ4v) is 3.38. The third-order valence-electron chi connectivity index (χ3n) is 4.51. The van der Waals surface area contributed by atoms with Crippen molar-refractivity contribution in [2.45, 2.75) is 5.92 Å². The summed E-state index contributed by atoms with van der Waals surface area (Å²) in [5, 5.41) is 1.09. The Bertz CT molecular complexity index is 942. The second kappa shape index (κ2) is 6.32. The molecule has 4 rings (SSSR count). The maximum atomic E-state index is 14.1. The van der Waals surface area contributed by atoms with Gasteiger partial charge in [0, 0.05) is 16.8 Å². The van der Waals surface area contributed by atoms with Gasteiger partial charge in [0.05, 0.1) is 5.69 Å². The van der Waals surface area contributed by atoms with Gasteiger partial charge in [-0.25, -0.2) is 0 Å². The number of rotatable bonds is 4. The first-order valence-electron chi connectivity index (χ1n) is 8.15. The molecule has 1 aromatic heterocycles.